The Bertz CT molecular complexity index is 650. The van der Waals surface area contributed by atoms with Gasteiger partial charge in [-0.2, -0.15) is 0 Å². The van der Waals surface area contributed by atoms with Crippen LogP contribution in [0, 0.1) is 0 Å². The second-order valence-corrected chi connectivity index (χ2v) is 3.79. The molecule has 17 heavy (non-hydrogen) atoms. The molecule has 0 spiro atoms. The first kappa shape index (κ1) is 10.0. The minimum atomic E-state index is 0.410. The van der Waals surface area contributed by atoms with Crippen molar-refractivity contribution in [2.45, 2.75) is 0 Å². The van der Waals surface area contributed by atoms with E-state index in [4.69, 9.17) is 16.3 Å². The van der Waals surface area contributed by atoms with Crippen molar-refractivity contribution in [2.24, 2.45) is 0 Å². The van der Waals surface area contributed by atoms with E-state index in [0.717, 1.165) is 0 Å². The van der Waals surface area contributed by atoms with E-state index in [1.165, 1.54) is 0 Å². The topological polar surface area (TPSA) is 52.3 Å². The molecule has 3 aromatic rings. The molecule has 0 fully saturated rings. The molecule has 0 aliphatic heterocycles. The van der Waals surface area contributed by atoms with E-state index in [1.54, 1.807) is 47.4 Å². The predicted molar refractivity (Wildman–Crippen MR) is 62.3 cm³/mol. The lowest BCUT2D eigenvalue weighted by atomic mass is 10.3. The van der Waals surface area contributed by atoms with Crippen molar-refractivity contribution in [3.8, 4) is 11.6 Å². The standard InChI is InChI=1S/C11H7ClN4O/c12-8-1-3-9(4-2-8)17-11-10-15-14-7-16(10)6-5-13-11/h1-7H. The van der Waals surface area contributed by atoms with Crippen molar-refractivity contribution >= 4 is 17.2 Å². The van der Waals surface area contributed by atoms with Gasteiger partial charge in [-0.15, -0.1) is 10.2 Å². The highest BCUT2D eigenvalue weighted by Crippen LogP contribution is 2.23. The second kappa shape index (κ2) is 4.03. The predicted octanol–water partition coefficient (Wildman–Crippen LogP) is 2.57. The summed E-state index contributed by atoms with van der Waals surface area (Å²) in [5.74, 6) is 1.06. The minimum absolute atomic E-state index is 0.410. The molecule has 2 aromatic heterocycles. The van der Waals surface area contributed by atoms with Crippen molar-refractivity contribution in [2.75, 3.05) is 0 Å². The Morgan fingerprint density at radius 3 is 2.82 bits per heavy atom. The van der Waals surface area contributed by atoms with Gasteiger partial charge in [0.2, 0.25) is 5.65 Å². The highest BCUT2D eigenvalue weighted by molar-refractivity contribution is 6.30. The molecule has 1 aromatic carbocycles. The number of nitrogens with zero attached hydrogens (tertiary/aromatic N) is 4. The number of fused-ring (bicyclic) bond motifs is 1. The van der Waals surface area contributed by atoms with Gasteiger partial charge in [0.25, 0.3) is 5.88 Å². The van der Waals surface area contributed by atoms with Gasteiger partial charge in [-0.25, -0.2) is 4.98 Å². The third kappa shape index (κ3) is 1.92. The zero-order chi connectivity index (χ0) is 11.7. The third-order valence-corrected chi connectivity index (χ3v) is 2.46. The number of halogens is 1. The van der Waals surface area contributed by atoms with Gasteiger partial charge in [-0.1, -0.05) is 11.6 Å². The Labute approximate surface area is 102 Å². The summed E-state index contributed by atoms with van der Waals surface area (Å²) >= 11 is 5.79. The summed E-state index contributed by atoms with van der Waals surface area (Å²) in [7, 11) is 0. The third-order valence-electron chi connectivity index (χ3n) is 2.21. The Balaban J connectivity index is 1.99. The smallest absolute Gasteiger partial charge is 0.265 e. The van der Waals surface area contributed by atoms with Crippen LogP contribution in [0.1, 0.15) is 0 Å². The van der Waals surface area contributed by atoms with E-state index >= 15 is 0 Å². The Morgan fingerprint density at radius 1 is 1.18 bits per heavy atom. The largest absolute Gasteiger partial charge is 0.436 e. The fourth-order valence-corrected chi connectivity index (χ4v) is 1.55. The molecule has 0 radical (unpaired) electrons. The molecule has 0 aliphatic rings. The molecular formula is C11H7ClN4O. The number of rotatable bonds is 2. The van der Waals surface area contributed by atoms with E-state index in [9.17, 15) is 0 Å². The number of hydrogen-bond donors (Lipinski definition) is 0. The van der Waals surface area contributed by atoms with Gasteiger partial charge in [-0.3, -0.25) is 4.40 Å². The van der Waals surface area contributed by atoms with Crippen LogP contribution in [0.25, 0.3) is 5.65 Å². The van der Waals surface area contributed by atoms with Gasteiger partial charge in [0.1, 0.15) is 12.1 Å². The van der Waals surface area contributed by atoms with Crippen LogP contribution in [-0.4, -0.2) is 19.6 Å². The summed E-state index contributed by atoms with van der Waals surface area (Å²) in [5, 5.41) is 8.38. The van der Waals surface area contributed by atoms with Crippen LogP contribution in [0.3, 0.4) is 0 Å². The highest BCUT2D eigenvalue weighted by atomic mass is 35.5. The molecule has 0 N–H and O–H groups in total. The maximum Gasteiger partial charge on any atom is 0.265 e. The fraction of sp³-hybridized carbons (Fsp3) is 0. The van der Waals surface area contributed by atoms with Crippen LogP contribution in [0.5, 0.6) is 11.6 Å². The molecule has 0 saturated carbocycles. The monoisotopic (exact) mass is 246 g/mol. The Kier molecular flexibility index (Phi) is 2.38. The molecule has 3 rings (SSSR count). The molecule has 0 atom stereocenters. The molecule has 0 unspecified atom stereocenters. The molecule has 6 heteroatoms. The number of aromatic nitrogens is 4. The Hall–Kier alpha value is -2.14. The lowest BCUT2D eigenvalue weighted by molar-refractivity contribution is 0.465. The van der Waals surface area contributed by atoms with E-state index in [2.05, 4.69) is 15.2 Å². The average Bonchev–Trinajstić information content (AvgIpc) is 2.81. The van der Waals surface area contributed by atoms with Gasteiger partial charge >= 0.3 is 0 Å². The highest BCUT2D eigenvalue weighted by Gasteiger charge is 2.06. The quantitative estimate of drug-likeness (QED) is 0.697. The molecule has 0 aliphatic carbocycles. The number of ether oxygens (including phenoxy) is 1. The molecule has 0 amide bonds. The summed E-state index contributed by atoms with van der Waals surface area (Å²) in [4.78, 5) is 4.12. The molecule has 84 valence electrons. The molecule has 0 bridgehead atoms. The van der Waals surface area contributed by atoms with Crippen LogP contribution < -0.4 is 4.74 Å². The molecular weight excluding hydrogens is 240 g/mol. The van der Waals surface area contributed by atoms with Crippen molar-refractivity contribution in [3.05, 3.63) is 48.0 Å². The van der Waals surface area contributed by atoms with Crippen molar-refractivity contribution in [1.29, 1.82) is 0 Å². The van der Waals surface area contributed by atoms with E-state index in [-0.39, 0.29) is 0 Å². The molecule has 2 heterocycles. The summed E-state index contributed by atoms with van der Waals surface area (Å²) in [5.41, 5.74) is 0.572. The van der Waals surface area contributed by atoms with Gasteiger partial charge in [-0.05, 0) is 24.3 Å². The van der Waals surface area contributed by atoms with Gasteiger partial charge in [0.15, 0.2) is 0 Å². The van der Waals surface area contributed by atoms with Crippen LogP contribution in [0.2, 0.25) is 5.02 Å². The van der Waals surface area contributed by atoms with Crippen LogP contribution in [0.4, 0.5) is 0 Å². The first-order chi connectivity index (χ1) is 8.33. The lowest BCUT2D eigenvalue weighted by Crippen LogP contribution is -1.92. The van der Waals surface area contributed by atoms with Crippen molar-refractivity contribution in [3.63, 3.8) is 0 Å². The summed E-state index contributed by atoms with van der Waals surface area (Å²) in [6.45, 7) is 0. The van der Waals surface area contributed by atoms with Crippen molar-refractivity contribution in [1.82, 2.24) is 19.6 Å². The van der Waals surface area contributed by atoms with Crippen LogP contribution >= 0.6 is 11.6 Å². The Morgan fingerprint density at radius 2 is 2.00 bits per heavy atom. The minimum Gasteiger partial charge on any atom is -0.436 e. The summed E-state index contributed by atoms with van der Waals surface area (Å²) in [6.07, 6.45) is 4.97. The maximum absolute atomic E-state index is 5.79. The van der Waals surface area contributed by atoms with Crippen LogP contribution in [0.15, 0.2) is 43.0 Å². The molecule has 0 saturated heterocycles. The fourth-order valence-electron chi connectivity index (χ4n) is 1.42. The average molecular weight is 247 g/mol. The first-order valence-corrected chi connectivity index (χ1v) is 5.28. The van der Waals surface area contributed by atoms with Crippen molar-refractivity contribution < 1.29 is 4.74 Å². The SMILES string of the molecule is Clc1ccc(Oc2nccn3cnnc23)cc1. The zero-order valence-corrected chi connectivity index (χ0v) is 9.37. The first-order valence-electron chi connectivity index (χ1n) is 4.91. The maximum atomic E-state index is 5.79. The summed E-state index contributed by atoms with van der Waals surface area (Å²) < 4.78 is 7.35. The lowest BCUT2D eigenvalue weighted by Gasteiger charge is -2.04. The number of hydrogen-bond acceptors (Lipinski definition) is 4. The second-order valence-electron chi connectivity index (χ2n) is 3.35. The van der Waals surface area contributed by atoms with Gasteiger partial charge < -0.3 is 4.74 Å². The van der Waals surface area contributed by atoms with E-state index in [0.29, 0.717) is 22.3 Å². The van der Waals surface area contributed by atoms with Gasteiger partial charge in [0, 0.05) is 17.4 Å². The van der Waals surface area contributed by atoms with Gasteiger partial charge in [0.05, 0.1) is 0 Å². The van der Waals surface area contributed by atoms with E-state index < -0.39 is 0 Å². The number of benzene rings is 1. The summed E-state index contributed by atoms with van der Waals surface area (Å²) in [6, 6.07) is 7.04. The van der Waals surface area contributed by atoms with E-state index in [1.807, 2.05) is 0 Å². The zero-order valence-electron chi connectivity index (χ0n) is 8.62. The molecule has 5 nitrogen and oxygen atoms in total. The van der Waals surface area contributed by atoms with Crippen LogP contribution in [-0.2, 0) is 0 Å². The normalized spacial score (nSPS) is 10.6.